The molecule has 8 heteroatoms. The van der Waals surface area contributed by atoms with Crippen LogP contribution in [-0.2, 0) is 4.84 Å². The summed E-state index contributed by atoms with van der Waals surface area (Å²) in [6.45, 7) is 2.34. The van der Waals surface area contributed by atoms with Crippen LogP contribution in [0.15, 0.2) is 12.6 Å². The van der Waals surface area contributed by atoms with Gasteiger partial charge in [-0.25, -0.2) is 18.7 Å². The Morgan fingerprint density at radius 1 is 1.36 bits per heavy atom. The molecule has 0 aliphatic carbocycles. The minimum absolute atomic E-state index is 0.322. The smallest absolute Gasteiger partial charge is 0.258 e. The summed E-state index contributed by atoms with van der Waals surface area (Å²) in [6, 6.07) is -0.957. The van der Waals surface area contributed by atoms with Crippen molar-refractivity contribution in [3.05, 3.63) is 23.8 Å². The van der Waals surface area contributed by atoms with Gasteiger partial charge < -0.3 is 15.1 Å². The number of hydroxylamine groups is 1. The third-order valence-electron chi connectivity index (χ3n) is 3.05. The van der Waals surface area contributed by atoms with Crippen molar-refractivity contribution in [1.29, 1.82) is 0 Å². The van der Waals surface area contributed by atoms with Gasteiger partial charge in [-0.3, -0.25) is 0 Å². The fourth-order valence-corrected chi connectivity index (χ4v) is 1.78. The number of nitrogens with one attached hydrogen (secondary N) is 2. The standard InChI is InChI=1S/C14H23F2N5O/c1-10-11(6-8-22-17-2)18-9-19-14(10)20-12(13(15)16)5-7-21(3)4/h6,8-9,12-13,17H,5,7H2,1-4H3,(H,18,19,20)/b8-6+. The SMILES string of the molecule is CNO/C=C/c1ncnc(NC(CCN(C)C)C(F)F)c1C. The number of hydrogen-bond donors (Lipinski definition) is 2. The Bertz CT molecular complexity index is 482. The molecule has 1 atom stereocenters. The van der Waals surface area contributed by atoms with Crippen molar-refractivity contribution >= 4 is 11.9 Å². The van der Waals surface area contributed by atoms with Crippen molar-refractivity contribution in [1.82, 2.24) is 20.3 Å². The van der Waals surface area contributed by atoms with E-state index in [1.54, 1.807) is 20.0 Å². The third-order valence-corrected chi connectivity index (χ3v) is 3.05. The fourth-order valence-electron chi connectivity index (χ4n) is 1.78. The number of rotatable bonds is 9. The van der Waals surface area contributed by atoms with Gasteiger partial charge in [-0.05, 0) is 34.0 Å². The maximum Gasteiger partial charge on any atom is 0.258 e. The zero-order valence-electron chi connectivity index (χ0n) is 13.3. The molecule has 0 saturated carbocycles. The van der Waals surface area contributed by atoms with Crippen LogP contribution in [0.5, 0.6) is 0 Å². The van der Waals surface area contributed by atoms with E-state index in [2.05, 4.69) is 20.8 Å². The molecule has 0 spiro atoms. The number of aromatic nitrogens is 2. The lowest BCUT2D eigenvalue weighted by molar-refractivity contribution is 0.116. The molecule has 1 aromatic rings. The minimum Gasteiger partial charge on any atom is -0.417 e. The first kappa shape index (κ1) is 18.2. The van der Waals surface area contributed by atoms with Crippen LogP contribution in [-0.4, -0.2) is 55.0 Å². The molecule has 0 amide bonds. The molecule has 0 aliphatic rings. The summed E-state index contributed by atoms with van der Waals surface area (Å²) in [5.41, 5.74) is 3.79. The van der Waals surface area contributed by atoms with Gasteiger partial charge in [-0.2, -0.15) is 5.48 Å². The van der Waals surface area contributed by atoms with E-state index in [0.717, 1.165) is 0 Å². The second-order valence-electron chi connectivity index (χ2n) is 5.03. The van der Waals surface area contributed by atoms with Crippen LogP contribution in [0.2, 0.25) is 0 Å². The second-order valence-corrected chi connectivity index (χ2v) is 5.03. The Kier molecular flexibility index (Phi) is 7.69. The summed E-state index contributed by atoms with van der Waals surface area (Å²) in [5, 5.41) is 2.81. The molecule has 0 fully saturated rings. The summed E-state index contributed by atoms with van der Waals surface area (Å²) in [7, 11) is 5.33. The fraction of sp³-hybridized carbons (Fsp3) is 0.571. The highest BCUT2D eigenvalue weighted by Crippen LogP contribution is 2.19. The zero-order chi connectivity index (χ0) is 16.5. The summed E-state index contributed by atoms with van der Waals surface area (Å²) in [6.07, 6.45) is 2.25. The molecule has 1 aromatic heterocycles. The molecule has 124 valence electrons. The Hall–Kier alpha value is -1.80. The van der Waals surface area contributed by atoms with Gasteiger partial charge in [-0.15, -0.1) is 0 Å². The lowest BCUT2D eigenvalue weighted by atomic mass is 10.1. The molecule has 0 aromatic carbocycles. The molecule has 0 bridgehead atoms. The molecule has 0 aliphatic heterocycles. The maximum absolute atomic E-state index is 13.1. The summed E-state index contributed by atoms with van der Waals surface area (Å²) < 4.78 is 26.3. The van der Waals surface area contributed by atoms with Gasteiger partial charge in [-0.1, -0.05) is 0 Å². The van der Waals surface area contributed by atoms with Crippen LogP contribution in [0.1, 0.15) is 17.7 Å². The molecule has 1 rings (SSSR count). The second kappa shape index (κ2) is 9.26. The van der Waals surface area contributed by atoms with Crippen LogP contribution in [0.4, 0.5) is 14.6 Å². The van der Waals surface area contributed by atoms with E-state index in [4.69, 9.17) is 4.84 Å². The predicted octanol–water partition coefficient (Wildman–Crippen LogP) is 1.90. The van der Waals surface area contributed by atoms with E-state index < -0.39 is 12.5 Å². The molecule has 22 heavy (non-hydrogen) atoms. The van der Waals surface area contributed by atoms with Crippen LogP contribution < -0.4 is 10.8 Å². The third kappa shape index (κ3) is 5.90. The predicted molar refractivity (Wildman–Crippen MR) is 82.5 cm³/mol. The number of hydrogen-bond acceptors (Lipinski definition) is 6. The molecule has 0 saturated heterocycles. The van der Waals surface area contributed by atoms with Gasteiger partial charge in [0, 0.05) is 18.7 Å². The molecular formula is C14H23F2N5O. The van der Waals surface area contributed by atoms with Crippen LogP contribution in [0, 0.1) is 6.92 Å². The first-order chi connectivity index (χ1) is 10.5. The Labute approximate surface area is 129 Å². The van der Waals surface area contributed by atoms with Crippen LogP contribution >= 0.6 is 0 Å². The molecule has 6 nitrogen and oxygen atoms in total. The number of anilines is 1. The van der Waals surface area contributed by atoms with Crippen LogP contribution in [0.3, 0.4) is 0 Å². The monoisotopic (exact) mass is 315 g/mol. The quantitative estimate of drug-likeness (QED) is 0.536. The topological polar surface area (TPSA) is 62.3 Å². The van der Waals surface area contributed by atoms with Crippen molar-refractivity contribution in [2.24, 2.45) is 0 Å². The molecule has 1 heterocycles. The largest absolute Gasteiger partial charge is 0.417 e. The van der Waals surface area contributed by atoms with Crippen molar-refractivity contribution in [2.75, 3.05) is 33.0 Å². The highest BCUT2D eigenvalue weighted by Gasteiger charge is 2.21. The van der Waals surface area contributed by atoms with Gasteiger partial charge >= 0.3 is 0 Å². The first-order valence-corrected chi connectivity index (χ1v) is 6.95. The van der Waals surface area contributed by atoms with E-state index in [9.17, 15) is 8.78 Å². The van der Waals surface area contributed by atoms with E-state index in [1.165, 1.54) is 12.6 Å². The summed E-state index contributed by atoms with van der Waals surface area (Å²) in [4.78, 5) is 14.9. The Morgan fingerprint density at radius 3 is 2.68 bits per heavy atom. The van der Waals surface area contributed by atoms with Crippen molar-refractivity contribution in [2.45, 2.75) is 25.8 Å². The lowest BCUT2D eigenvalue weighted by Crippen LogP contribution is -2.32. The average molecular weight is 315 g/mol. The Morgan fingerprint density at radius 2 is 2.09 bits per heavy atom. The van der Waals surface area contributed by atoms with E-state index in [1.807, 2.05) is 19.0 Å². The molecular weight excluding hydrogens is 292 g/mol. The van der Waals surface area contributed by atoms with Gasteiger partial charge in [0.1, 0.15) is 18.4 Å². The highest BCUT2D eigenvalue weighted by molar-refractivity contribution is 5.56. The van der Waals surface area contributed by atoms with Gasteiger partial charge in [0.15, 0.2) is 0 Å². The van der Waals surface area contributed by atoms with Gasteiger partial charge in [0.2, 0.25) is 0 Å². The zero-order valence-corrected chi connectivity index (χ0v) is 13.3. The maximum atomic E-state index is 13.1. The van der Waals surface area contributed by atoms with Gasteiger partial charge in [0.25, 0.3) is 6.43 Å². The number of alkyl halides is 2. The first-order valence-electron chi connectivity index (χ1n) is 6.95. The summed E-state index contributed by atoms with van der Waals surface area (Å²) >= 11 is 0. The number of halogens is 2. The van der Waals surface area contributed by atoms with Crippen molar-refractivity contribution in [3.8, 4) is 0 Å². The average Bonchev–Trinajstić information content (AvgIpc) is 2.46. The van der Waals surface area contributed by atoms with E-state index >= 15 is 0 Å². The minimum atomic E-state index is -2.47. The Balaban J connectivity index is 2.83. The van der Waals surface area contributed by atoms with E-state index in [0.29, 0.717) is 30.0 Å². The number of nitrogens with zero attached hydrogens (tertiary/aromatic N) is 3. The van der Waals surface area contributed by atoms with Crippen LogP contribution in [0.25, 0.3) is 6.08 Å². The van der Waals surface area contributed by atoms with Crippen molar-refractivity contribution < 1.29 is 13.6 Å². The molecule has 1 unspecified atom stereocenters. The highest BCUT2D eigenvalue weighted by atomic mass is 19.3. The van der Waals surface area contributed by atoms with Gasteiger partial charge in [0.05, 0.1) is 11.7 Å². The van der Waals surface area contributed by atoms with E-state index in [-0.39, 0.29) is 0 Å². The van der Waals surface area contributed by atoms with Crippen molar-refractivity contribution in [3.63, 3.8) is 0 Å². The molecule has 2 N–H and O–H groups in total. The lowest BCUT2D eigenvalue weighted by Gasteiger charge is -2.21. The normalized spacial score (nSPS) is 13.1. The summed E-state index contributed by atoms with van der Waals surface area (Å²) in [5.74, 6) is 0.406. The molecule has 0 radical (unpaired) electrons.